The Kier molecular flexibility index (Phi) is 5.93. The Morgan fingerprint density at radius 1 is 1.24 bits per heavy atom. The molecule has 0 atom stereocenters. The first kappa shape index (κ1) is 17.1. The first-order valence-electron chi connectivity index (χ1n) is 5.72. The number of hydrogen-bond donors (Lipinski definition) is 1. The van der Waals surface area contributed by atoms with Gasteiger partial charge in [-0.25, -0.2) is 0 Å². The summed E-state index contributed by atoms with van der Waals surface area (Å²) in [4.78, 5) is 12.4. The van der Waals surface area contributed by atoms with Gasteiger partial charge >= 0.3 is 0 Å². The highest BCUT2D eigenvalue weighted by Crippen LogP contribution is 2.35. The lowest BCUT2D eigenvalue weighted by Crippen LogP contribution is -2.14. The predicted octanol–water partition coefficient (Wildman–Crippen LogP) is 5.73. The van der Waals surface area contributed by atoms with Crippen molar-refractivity contribution in [2.24, 2.45) is 0 Å². The molecule has 0 aliphatic heterocycles. The van der Waals surface area contributed by atoms with E-state index < -0.39 is 0 Å². The molecule has 2 rings (SSSR count). The van der Waals surface area contributed by atoms with Crippen molar-refractivity contribution in [2.75, 3.05) is 12.4 Å². The van der Waals surface area contributed by atoms with Crippen molar-refractivity contribution in [3.8, 4) is 5.75 Å². The van der Waals surface area contributed by atoms with Gasteiger partial charge < -0.3 is 10.1 Å². The van der Waals surface area contributed by atoms with Crippen LogP contribution >= 0.6 is 66.1 Å². The number of carbonyl (C=O) groups excluding carboxylic acids is 1. The van der Waals surface area contributed by atoms with Gasteiger partial charge in [-0.1, -0.05) is 11.6 Å². The van der Waals surface area contributed by atoms with E-state index in [1.807, 2.05) is 6.07 Å². The molecule has 0 saturated carbocycles. The Labute approximate surface area is 157 Å². The van der Waals surface area contributed by atoms with Gasteiger partial charge in [-0.15, -0.1) is 0 Å². The fourth-order valence-electron chi connectivity index (χ4n) is 1.64. The average molecular weight is 545 g/mol. The maximum atomic E-state index is 12.4. The van der Waals surface area contributed by atoms with E-state index in [4.69, 9.17) is 16.3 Å². The van der Waals surface area contributed by atoms with Crippen LogP contribution in [0, 0.1) is 3.57 Å². The summed E-state index contributed by atoms with van der Waals surface area (Å²) in [6, 6.07) is 8.75. The van der Waals surface area contributed by atoms with Crippen molar-refractivity contribution < 1.29 is 9.53 Å². The zero-order valence-corrected chi connectivity index (χ0v) is 16.8. The molecule has 0 aromatic heterocycles. The van der Waals surface area contributed by atoms with Crippen LogP contribution in [-0.2, 0) is 0 Å². The Hall–Kier alpha value is -0.310. The van der Waals surface area contributed by atoms with Crippen LogP contribution in [0.25, 0.3) is 0 Å². The van der Waals surface area contributed by atoms with E-state index in [2.05, 4.69) is 59.8 Å². The first-order chi connectivity index (χ1) is 9.92. The van der Waals surface area contributed by atoms with Crippen LogP contribution in [-0.4, -0.2) is 13.0 Å². The van der Waals surface area contributed by atoms with Gasteiger partial charge in [0.2, 0.25) is 0 Å². The highest BCUT2D eigenvalue weighted by atomic mass is 127. The molecule has 0 bridgehead atoms. The summed E-state index contributed by atoms with van der Waals surface area (Å²) in [5, 5.41) is 3.37. The number of nitrogens with one attached hydrogen (secondary N) is 1. The number of ether oxygens (including phenoxy) is 1. The summed E-state index contributed by atoms with van der Waals surface area (Å²) in [5.74, 6) is 0.404. The number of hydrogen-bond acceptors (Lipinski definition) is 2. The molecule has 0 aliphatic carbocycles. The van der Waals surface area contributed by atoms with Crippen molar-refractivity contribution in [3.05, 3.63) is 53.4 Å². The van der Waals surface area contributed by atoms with E-state index in [9.17, 15) is 4.79 Å². The molecule has 2 aromatic rings. The third kappa shape index (κ3) is 4.12. The van der Waals surface area contributed by atoms with Crippen molar-refractivity contribution in [2.45, 2.75) is 0 Å². The quantitative estimate of drug-likeness (QED) is 0.501. The molecule has 0 aliphatic rings. The second kappa shape index (κ2) is 7.30. The van der Waals surface area contributed by atoms with Crippen LogP contribution in [0.1, 0.15) is 10.4 Å². The van der Waals surface area contributed by atoms with E-state index in [0.29, 0.717) is 22.0 Å². The summed E-state index contributed by atoms with van der Waals surface area (Å²) in [5.41, 5.74) is 1.15. The molecule has 2 aromatic carbocycles. The fraction of sp³-hybridized carbons (Fsp3) is 0.0714. The van der Waals surface area contributed by atoms with Gasteiger partial charge in [0, 0.05) is 19.1 Å². The number of carbonyl (C=O) groups is 1. The maximum Gasteiger partial charge on any atom is 0.256 e. The smallest absolute Gasteiger partial charge is 0.256 e. The molecule has 0 radical (unpaired) electrons. The third-order valence-electron chi connectivity index (χ3n) is 2.66. The average Bonchev–Trinajstić information content (AvgIpc) is 2.44. The third-order valence-corrected chi connectivity index (χ3v) is 5.11. The molecule has 0 unspecified atom stereocenters. The normalized spacial score (nSPS) is 10.3. The molecule has 7 heteroatoms. The lowest BCUT2D eigenvalue weighted by atomic mass is 10.2. The predicted molar refractivity (Wildman–Crippen MR) is 101 cm³/mol. The van der Waals surface area contributed by atoms with Gasteiger partial charge in [0.05, 0.1) is 22.8 Å². The zero-order chi connectivity index (χ0) is 15.6. The van der Waals surface area contributed by atoms with Gasteiger partial charge in [0.15, 0.2) is 0 Å². The highest BCUT2D eigenvalue weighted by molar-refractivity contribution is 14.1. The summed E-state index contributed by atoms with van der Waals surface area (Å²) >= 11 is 14.8. The number of anilines is 1. The van der Waals surface area contributed by atoms with Gasteiger partial charge in [-0.2, -0.15) is 0 Å². The summed E-state index contributed by atoms with van der Waals surface area (Å²) in [7, 11) is 1.57. The van der Waals surface area contributed by atoms with E-state index in [1.54, 1.807) is 31.4 Å². The molecular weight excluding hydrogens is 536 g/mol. The Bertz CT molecular complexity index is 710. The van der Waals surface area contributed by atoms with E-state index >= 15 is 0 Å². The van der Waals surface area contributed by atoms with Crippen LogP contribution in [0.3, 0.4) is 0 Å². The molecule has 1 N–H and O–H groups in total. The van der Waals surface area contributed by atoms with E-state index in [-0.39, 0.29) is 5.91 Å². The van der Waals surface area contributed by atoms with Crippen molar-refractivity contribution in [1.29, 1.82) is 0 Å². The first-order valence-corrected chi connectivity index (χ1v) is 8.76. The number of amides is 1. The molecular formula is C14H9Br2ClINO2. The van der Waals surface area contributed by atoms with E-state index in [0.717, 1.165) is 12.5 Å². The van der Waals surface area contributed by atoms with Gasteiger partial charge in [-0.3, -0.25) is 4.79 Å². The molecule has 110 valence electrons. The lowest BCUT2D eigenvalue weighted by Gasteiger charge is -2.12. The number of methoxy groups -OCH3 is 1. The van der Waals surface area contributed by atoms with Crippen LogP contribution in [0.5, 0.6) is 5.75 Å². The summed E-state index contributed by atoms with van der Waals surface area (Å²) in [6.45, 7) is 0. The molecule has 3 nitrogen and oxygen atoms in total. The van der Waals surface area contributed by atoms with Gasteiger partial charge in [-0.05, 0) is 78.7 Å². The molecule has 21 heavy (non-hydrogen) atoms. The summed E-state index contributed by atoms with van der Waals surface area (Å²) in [6.07, 6.45) is 0. The largest absolute Gasteiger partial charge is 0.495 e. The van der Waals surface area contributed by atoms with Crippen molar-refractivity contribution in [3.63, 3.8) is 0 Å². The van der Waals surface area contributed by atoms with Crippen LogP contribution < -0.4 is 10.1 Å². The zero-order valence-electron chi connectivity index (χ0n) is 10.7. The van der Waals surface area contributed by atoms with Crippen molar-refractivity contribution >= 4 is 77.6 Å². The van der Waals surface area contributed by atoms with E-state index in [1.165, 1.54) is 0 Å². The molecule has 0 saturated heterocycles. The van der Waals surface area contributed by atoms with Crippen LogP contribution in [0.2, 0.25) is 5.02 Å². The monoisotopic (exact) mass is 543 g/mol. The standard InChI is InChI=1S/C14H9Br2ClINO2/c1-21-13-6-12(9(15)5-10(13)16)19-14(20)8-4-7(17)2-3-11(8)18/h2-6H,1H3,(H,19,20). The molecule has 0 spiro atoms. The molecule has 0 fully saturated rings. The van der Waals surface area contributed by atoms with Gasteiger partial charge in [0.25, 0.3) is 5.91 Å². The van der Waals surface area contributed by atoms with Crippen molar-refractivity contribution in [1.82, 2.24) is 0 Å². The second-order valence-electron chi connectivity index (χ2n) is 4.04. The second-order valence-corrected chi connectivity index (χ2v) is 7.35. The SMILES string of the molecule is COc1cc(NC(=O)c2cc(Cl)ccc2I)c(Br)cc1Br. The minimum atomic E-state index is -0.230. The Morgan fingerprint density at radius 3 is 2.62 bits per heavy atom. The summed E-state index contributed by atoms with van der Waals surface area (Å²) < 4.78 is 7.61. The number of rotatable bonds is 3. The maximum absolute atomic E-state index is 12.4. The van der Waals surface area contributed by atoms with Crippen LogP contribution in [0.4, 0.5) is 5.69 Å². The fourth-order valence-corrected chi connectivity index (χ4v) is 3.65. The topological polar surface area (TPSA) is 38.3 Å². The Morgan fingerprint density at radius 2 is 1.95 bits per heavy atom. The lowest BCUT2D eigenvalue weighted by molar-refractivity contribution is 0.102. The van der Waals surface area contributed by atoms with Crippen LogP contribution in [0.15, 0.2) is 39.3 Å². The minimum absolute atomic E-state index is 0.230. The molecule has 1 amide bonds. The highest BCUT2D eigenvalue weighted by Gasteiger charge is 2.14. The Balaban J connectivity index is 2.33. The van der Waals surface area contributed by atoms with Gasteiger partial charge in [0.1, 0.15) is 5.75 Å². The number of benzene rings is 2. The minimum Gasteiger partial charge on any atom is -0.495 e. The molecule has 0 heterocycles. The number of halogens is 4.